The van der Waals surface area contributed by atoms with E-state index in [1.165, 1.54) is 38.5 Å². The first kappa shape index (κ1) is 26.2. The molecule has 0 N–H and O–H groups in total. The van der Waals surface area contributed by atoms with Crippen LogP contribution >= 0.6 is 0 Å². The quantitative estimate of drug-likeness (QED) is 0.205. The van der Waals surface area contributed by atoms with Gasteiger partial charge in [-0.2, -0.15) is 0 Å². The van der Waals surface area contributed by atoms with Crippen LogP contribution in [0.3, 0.4) is 0 Å². The summed E-state index contributed by atoms with van der Waals surface area (Å²) < 4.78 is 19.9. The summed E-state index contributed by atoms with van der Waals surface area (Å²) in [7, 11) is -8.36. The summed E-state index contributed by atoms with van der Waals surface area (Å²) in [5.41, 5.74) is 4.00. The first-order valence-corrected chi connectivity index (χ1v) is 21.5. The first-order chi connectivity index (χ1) is 11.8. The molecule has 1 atom stereocenters. The van der Waals surface area contributed by atoms with E-state index in [4.69, 9.17) is 12.3 Å². The zero-order chi connectivity index (χ0) is 20.5. The molecule has 0 bridgehead atoms. The van der Waals surface area contributed by atoms with Crippen LogP contribution in [-0.2, 0) is 12.3 Å². The minimum atomic E-state index is -2.31. The van der Waals surface area contributed by atoms with Crippen LogP contribution in [0.25, 0.3) is 0 Å². The molecule has 0 aromatic heterocycles. The van der Waals surface area contributed by atoms with Crippen molar-refractivity contribution in [3.63, 3.8) is 0 Å². The van der Waals surface area contributed by atoms with Gasteiger partial charge in [-0.3, -0.25) is 0 Å². The Morgan fingerprint density at radius 1 is 0.654 bits per heavy atom. The van der Waals surface area contributed by atoms with Crippen molar-refractivity contribution in [2.75, 3.05) is 0 Å². The Balaban J connectivity index is 5.02. The molecule has 0 saturated carbocycles. The Morgan fingerprint density at radius 2 is 1.12 bits per heavy atom. The Bertz CT molecular complexity index is 439. The van der Waals surface area contributed by atoms with Gasteiger partial charge in [-0.15, -0.1) is 13.2 Å². The highest BCUT2D eigenvalue weighted by Crippen LogP contribution is 2.29. The van der Waals surface area contributed by atoms with Crippen molar-refractivity contribution >= 4 is 33.8 Å². The lowest BCUT2D eigenvalue weighted by Gasteiger charge is -2.41. The lowest BCUT2D eigenvalue weighted by Crippen LogP contribution is -2.57. The molecular formula is C19H44O3Si4. The Kier molecular flexibility index (Phi) is 11.4. The summed E-state index contributed by atoms with van der Waals surface area (Å²) in [6.07, 6.45) is 7.73. The van der Waals surface area contributed by atoms with E-state index in [1.54, 1.807) is 0 Å². The number of unbranched alkanes of at least 4 members (excludes halogenated alkanes) is 5. The van der Waals surface area contributed by atoms with E-state index in [0.717, 1.165) is 6.04 Å². The molecule has 0 aromatic rings. The summed E-state index contributed by atoms with van der Waals surface area (Å²) in [6, 6.07) is 1.04. The Labute approximate surface area is 168 Å². The summed E-state index contributed by atoms with van der Waals surface area (Å²) in [5.74, 6) is 0. The molecule has 0 aliphatic heterocycles. The molecule has 0 saturated heterocycles. The highest BCUT2D eigenvalue weighted by Gasteiger charge is 2.44. The predicted octanol–water partition coefficient (Wildman–Crippen LogP) is 7.03. The minimum absolute atomic E-state index is 1.04. The van der Waals surface area contributed by atoms with Gasteiger partial charge in [0.2, 0.25) is 0 Å². The third kappa shape index (κ3) is 11.8. The number of hydrogen-bond acceptors (Lipinski definition) is 3. The van der Waals surface area contributed by atoms with Crippen LogP contribution in [0.4, 0.5) is 0 Å². The van der Waals surface area contributed by atoms with Crippen molar-refractivity contribution in [2.24, 2.45) is 0 Å². The summed E-state index contributed by atoms with van der Waals surface area (Å²) in [4.78, 5) is 0. The molecule has 26 heavy (non-hydrogen) atoms. The Hall–Kier alpha value is 0.228. The van der Waals surface area contributed by atoms with Gasteiger partial charge in [0.25, 0.3) is 0 Å². The molecule has 3 nitrogen and oxygen atoms in total. The summed E-state index contributed by atoms with van der Waals surface area (Å²) >= 11 is 0. The van der Waals surface area contributed by atoms with E-state index >= 15 is 0 Å². The maximum atomic E-state index is 6.74. The van der Waals surface area contributed by atoms with Gasteiger partial charge in [0.1, 0.15) is 0 Å². The molecule has 0 aliphatic rings. The van der Waals surface area contributed by atoms with Crippen LogP contribution in [0.2, 0.25) is 51.9 Å². The van der Waals surface area contributed by atoms with Crippen LogP contribution in [-0.4, -0.2) is 33.8 Å². The van der Waals surface area contributed by atoms with Gasteiger partial charge < -0.3 is 12.3 Å². The molecule has 0 spiro atoms. The number of hydrogen-bond donors (Lipinski definition) is 0. The SMILES string of the molecule is C=C[Si](C)(C)O[Si](C)(C)O[Si](C)(CCCCCCCC)O[Si](C)(C)C=C. The van der Waals surface area contributed by atoms with E-state index in [0.29, 0.717) is 0 Å². The normalized spacial score (nSPS) is 15.5. The molecule has 1 unspecified atom stereocenters. The van der Waals surface area contributed by atoms with E-state index in [-0.39, 0.29) is 0 Å². The van der Waals surface area contributed by atoms with Gasteiger partial charge >= 0.3 is 17.1 Å². The largest absolute Gasteiger partial charge is 0.433 e. The molecular weight excluding hydrogens is 389 g/mol. The molecule has 7 heteroatoms. The summed E-state index contributed by atoms with van der Waals surface area (Å²) in [6.45, 7) is 25.5. The van der Waals surface area contributed by atoms with Gasteiger partial charge in [-0.1, -0.05) is 56.8 Å². The molecule has 0 aromatic carbocycles. The minimum Gasteiger partial charge on any atom is -0.433 e. The highest BCUT2D eigenvalue weighted by atomic mass is 28.5. The molecule has 0 rings (SSSR count). The van der Waals surface area contributed by atoms with Crippen LogP contribution in [0, 0.1) is 0 Å². The van der Waals surface area contributed by atoms with Crippen molar-refractivity contribution in [3.05, 3.63) is 24.6 Å². The molecule has 0 amide bonds. The molecule has 0 aliphatic carbocycles. The van der Waals surface area contributed by atoms with E-state index in [9.17, 15) is 0 Å². The monoisotopic (exact) mass is 432 g/mol. The smallest absolute Gasteiger partial charge is 0.316 e. The summed E-state index contributed by atoms with van der Waals surface area (Å²) in [5, 5.41) is 0. The molecule has 0 heterocycles. The zero-order valence-electron chi connectivity index (χ0n) is 18.7. The van der Waals surface area contributed by atoms with Gasteiger partial charge in [0.05, 0.1) is 0 Å². The zero-order valence-corrected chi connectivity index (χ0v) is 22.7. The predicted molar refractivity (Wildman–Crippen MR) is 126 cm³/mol. The van der Waals surface area contributed by atoms with Crippen LogP contribution < -0.4 is 0 Å². The molecule has 0 fully saturated rings. The van der Waals surface area contributed by atoms with E-state index in [1.807, 2.05) is 11.4 Å². The Morgan fingerprint density at radius 3 is 1.62 bits per heavy atom. The average Bonchev–Trinajstić information content (AvgIpc) is 2.48. The van der Waals surface area contributed by atoms with Crippen LogP contribution in [0.15, 0.2) is 24.6 Å². The van der Waals surface area contributed by atoms with Gasteiger partial charge in [0, 0.05) is 0 Å². The molecule has 0 radical (unpaired) electrons. The fourth-order valence-corrected chi connectivity index (χ4v) is 20.3. The maximum absolute atomic E-state index is 6.74. The van der Waals surface area contributed by atoms with Crippen molar-refractivity contribution < 1.29 is 12.3 Å². The average molecular weight is 433 g/mol. The third-order valence-corrected chi connectivity index (χ3v) is 19.2. The topological polar surface area (TPSA) is 27.7 Å². The lowest BCUT2D eigenvalue weighted by atomic mass is 10.1. The van der Waals surface area contributed by atoms with Crippen molar-refractivity contribution in [3.8, 4) is 0 Å². The van der Waals surface area contributed by atoms with Gasteiger partial charge in [0.15, 0.2) is 16.6 Å². The van der Waals surface area contributed by atoms with Gasteiger partial charge in [-0.05, 0) is 51.9 Å². The fraction of sp³-hybridized carbons (Fsp3) is 0.789. The second kappa shape index (κ2) is 11.3. The van der Waals surface area contributed by atoms with E-state index in [2.05, 4.69) is 65.9 Å². The molecule has 154 valence electrons. The van der Waals surface area contributed by atoms with Crippen LogP contribution in [0.5, 0.6) is 0 Å². The number of rotatable bonds is 15. The van der Waals surface area contributed by atoms with E-state index < -0.39 is 33.8 Å². The second-order valence-corrected chi connectivity index (χ2v) is 24.2. The second-order valence-electron chi connectivity index (χ2n) is 8.97. The maximum Gasteiger partial charge on any atom is 0.316 e. The van der Waals surface area contributed by atoms with Crippen molar-refractivity contribution in [1.29, 1.82) is 0 Å². The van der Waals surface area contributed by atoms with Crippen LogP contribution in [0.1, 0.15) is 45.4 Å². The highest BCUT2D eigenvalue weighted by molar-refractivity contribution is 6.91. The third-order valence-electron chi connectivity index (χ3n) is 4.42. The lowest BCUT2D eigenvalue weighted by molar-refractivity contribution is 0.324. The standard InChI is InChI=1S/C19H44O3Si4/c1-11-14-15-16-17-18-19-26(10,21-24(6,7)13-3)22-25(8,9)20-23(4,5)12-2/h12-13H,2-3,11,14-19H2,1,4-10H3. The van der Waals surface area contributed by atoms with Crippen molar-refractivity contribution in [1.82, 2.24) is 0 Å². The van der Waals surface area contributed by atoms with Crippen molar-refractivity contribution in [2.45, 2.75) is 97.3 Å². The van der Waals surface area contributed by atoms with Gasteiger partial charge in [-0.25, -0.2) is 0 Å². The fourth-order valence-electron chi connectivity index (χ4n) is 3.16. The first-order valence-electron chi connectivity index (χ1n) is 10.2.